The van der Waals surface area contributed by atoms with E-state index in [-0.39, 0.29) is 11.9 Å². The number of carbonyl (C=O) groups is 1. The molecule has 0 radical (unpaired) electrons. The van der Waals surface area contributed by atoms with Crippen LogP contribution in [0.15, 0.2) is 22.7 Å². The van der Waals surface area contributed by atoms with Gasteiger partial charge in [-0.3, -0.25) is 4.79 Å². The van der Waals surface area contributed by atoms with Crippen molar-refractivity contribution in [3.05, 3.63) is 33.8 Å². The van der Waals surface area contributed by atoms with Crippen molar-refractivity contribution in [2.45, 2.75) is 25.8 Å². The molecule has 1 amide bonds. The minimum absolute atomic E-state index is 0.101. The molecule has 1 heterocycles. The quantitative estimate of drug-likeness (QED) is 0.864. The second kappa shape index (κ2) is 5.19. The first kappa shape index (κ1) is 12.6. The summed E-state index contributed by atoms with van der Waals surface area (Å²) in [6.07, 6.45) is 1.80. The summed E-state index contributed by atoms with van der Waals surface area (Å²) in [5.74, 6) is 0.101. The summed E-state index contributed by atoms with van der Waals surface area (Å²) in [6.45, 7) is 3.54. The molecule has 0 bridgehead atoms. The van der Waals surface area contributed by atoms with Crippen molar-refractivity contribution in [1.29, 1.82) is 0 Å². The summed E-state index contributed by atoms with van der Waals surface area (Å²) in [4.78, 5) is 14.2. The van der Waals surface area contributed by atoms with Gasteiger partial charge in [-0.05, 0) is 53.4 Å². The second-order valence-corrected chi connectivity index (χ2v) is 5.47. The largest absolute Gasteiger partial charge is 0.338 e. The van der Waals surface area contributed by atoms with Gasteiger partial charge in [-0.1, -0.05) is 6.07 Å². The van der Waals surface area contributed by atoms with Crippen LogP contribution in [-0.4, -0.2) is 29.9 Å². The third kappa shape index (κ3) is 2.87. The van der Waals surface area contributed by atoms with Crippen LogP contribution in [0.4, 0.5) is 0 Å². The molecule has 1 saturated heterocycles. The first-order chi connectivity index (χ1) is 8.08. The van der Waals surface area contributed by atoms with Crippen molar-refractivity contribution in [2.24, 2.45) is 5.73 Å². The number of benzene rings is 1. The average molecular weight is 297 g/mol. The van der Waals surface area contributed by atoms with Gasteiger partial charge in [0.25, 0.3) is 5.91 Å². The Kier molecular flexibility index (Phi) is 3.84. The van der Waals surface area contributed by atoms with Crippen molar-refractivity contribution in [1.82, 2.24) is 4.90 Å². The Morgan fingerprint density at radius 1 is 1.41 bits per heavy atom. The molecule has 0 aromatic heterocycles. The maximum atomic E-state index is 12.3. The predicted molar refractivity (Wildman–Crippen MR) is 72.0 cm³/mol. The fourth-order valence-electron chi connectivity index (χ4n) is 2.07. The maximum absolute atomic E-state index is 12.3. The maximum Gasteiger partial charge on any atom is 0.254 e. The highest BCUT2D eigenvalue weighted by Crippen LogP contribution is 2.21. The van der Waals surface area contributed by atoms with Crippen LogP contribution in [0.2, 0.25) is 0 Å². The van der Waals surface area contributed by atoms with Crippen LogP contribution in [0.5, 0.6) is 0 Å². The fourth-order valence-corrected chi connectivity index (χ4v) is 2.73. The van der Waals surface area contributed by atoms with Crippen LogP contribution < -0.4 is 5.73 Å². The third-order valence-electron chi connectivity index (χ3n) is 3.18. The first-order valence-corrected chi connectivity index (χ1v) is 6.68. The van der Waals surface area contributed by atoms with E-state index in [1.807, 2.05) is 30.0 Å². The number of hydrogen-bond donors (Lipinski definition) is 1. The van der Waals surface area contributed by atoms with Gasteiger partial charge in [-0.15, -0.1) is 0 Å². The Morgan fingerprint density at radius 2 is 2.06 bits per heavy atom. The fraction of sp³-hybridized carbons (Fsp3) is 0.462. The monoisotopic (exact) mass is 296 g/mol. The van der Waals surface area contributed by atoms with E-state index in [1.165, 1.54) is 0 Å². The SMILES string of the molecule is Cc1ccc(C(=O)N2CCC(N)CC2)c(Br)c1. The Labute approximate surface area is 110 Å². The molecule has 17 heavy (non-hydrogen) atoms. The van der Waals surface area contributed by atoms with Crippen molar-refractivity contribution in [3.63, 3.8) is 0 Å². The van der Waals surface area contributed by atoms with Crippen LogP contribution in [0.3, 0.4) is 0 Å². The lowest BCUT2D eigenvalue weighted by molar-refractivity contribution is 0.0714. The zero-order valence-electron chi connectivity index (χ0n) is 9.95. The van der Waals surface area contributed by atoms with Gasteiger partial charge in [0, 0.05) is 23.6 Å². The second-order valence-electron chi connectivity index (χ2n) is 4.61. The third-order valence-corrected chi connectivity index (χ3v) is 3.84. The standard InChI is InChI=1S/C13H17BrN2O/c1-9-2-3-11(12(14)8-9)13(17)16-6-4-10(15)5-7-16/h2-3,8,10H,4-7,15H2,1H3. The number of likely N-dealkylation sites (tertiary alicyclic amines) is 1. The van der Waals surface area contributed by atoms with E-state index in [1.54, 1.807) is 0 Å². The average Bonchev–Trinajstić information content (AvgIpc) is 2.29. The summed E-state index contributed by atoms with van der Waals surface area (Å²) in [5, 5.41) is 0. The Bertz CT molecular complexity index is 425. The molecule has 0 saturated carbocycles. The van der Waals surface area contributed by atoms with E-state index in [2.05, 4.69) is 15.9 Å². The number of nitrogens with zero attached hydrogens (tertiary/aromatic N) is 1. The van der Waals surface area contributed by atoms with Gasteiger partial charge in [0.05, 0.1) is 5.56 Å². The van der Waals surface area contributed by atoms with Crippen molar-refractivity contribution in [2.75, 3.05) is 13.1 Å². The normalized spacial score (nSPS) is 17.2. The molecule has 0 aliphatic carbocycles. The molecule has 1 aliphatic rings. The van der Waals surface area contributed by atoms with Gasteiger partial charge in [-0.25, -0.2) is 0 Å². The molecule has 0 spiro atoms. The lowest BCUT2D eigenvalue weighted by Gasteiger charge is -2.30. The highest BCUT2D eigenvalue weighted by molar-refractivity contribution is 9.10. The topological polar surface area (TPSA) is 46.3 Å². The summed E-state index contributed by atoms with van der Waals surface area (Å²) in [7, 11) is 0. The molecule has 0 atom stereocenters. The lowest BCUT2D eigenvalue weighted by atomic mass is 10.0. The van der Waals surface area contributed by atoms with Crippen molar-refractivity contribution in [3.8, 4) is 0 Å². The summed E-state index contributed by atoms with van der Waals surface area (Å²) < 4.78 is 0.873. The minimum atomic E-state index is 0.101. The summed E-state index contributed by atoms with van der Waals surface area (Å²) in [5.41, 5.74) is 7.73. The van der Waals surface area contributed by atoms with Gasteiger partial charge >= 0.3 is 0 Å². The molecule has 2 rings (SSSR count). The van der Waals surface area contributed by atoms with Crippen LogP contribution in [0.1, 0.15) is 28.8 Å². The molecule has 1 fully saturated rings. The van der Waals surface area contributed by atoms with Crippen LogP contribution in [-0.2, 0) is 0 Å². The molecule has 92 valence electrons. The Morgan fingerprint density at radius 3 is 2.65 bits per heavy atom. The Balaban J connectivity index is 2.14. The van der Waals surface area contributed by atoms with E-state index < -0.39 is 0 Å². The molecule has 3 nitrogen and oxygen atoms in total. The molecule has 4 heteroatoms. The molecule has 0 unspecified atom stereocenters. The van der Waals surface area contributed by atoms with Crippen LogP contribution in [0, 0.1) is 6.92 Å². The zero-order chi connectivity index (χ0) is 12.4. The van der Waals surface area contributed by atoms with E-state index >= 15 is 0 Å². The number of halogens is 1. The van der Waals surface area contributed by atoms with Crippen molar-refractivity contribution < 1.29 is 4.79 Å². The molecule has 1 aromatic rings. The summed E-state index contributed by atoms with van der Waals surface area (Å²) >= 11 is 3.45. The minimum Gasteiger partial charge on any atom is -0.338 e. The highest BCUT2D eigenvalue weighted by Gasteiger charge is 2.22. The first-order valence-electron chi connectivity index (χ1n) is 5.89. The van der Waals surface area contributed by atoms with Gasteiger partial charge < -0.3 is 10.6 Å². The number of nitrogens with two attached hydrogens (primary N) is 1. The summed E-state index contributed by atoms with van der Waals surface area (Å²) in [6, 6.07) is 6.08. The van der Waals surface area contributed by atoms with Gasteiger partial charge in [0.2, 0.25) is 0 Å². The molecule has 1 aliphatic heterocycles. The highest BCUT2D eigenvalue weighted by atomic mass is 79.9. The molecular formula is C13H17BrN2O. The number of hydrogen-bond acceptors (Lipinski definition) is 2. The zero-order valence-corrected chi connectivity index (χ0v) is 11.5. The van der Waals surface area contributed by atoms with Crippen molar-refractivity contribution >= 4 is 21.8 Å². The van der Waals surface area contributed by atoms with Crippen LogP contribution in [0.25, 0.3) is 0 Å². The number of amides is 1. The molecular weight excluding hydrogens is 280 g/mol. The van der Waals surface area contributed by atoms with E-state index in [0.717, 1.165) is 41.5 Å². The van der Waals surface area contributed by atoms with E-state index in [4.69, 9.17) is 5.73 Å². The number of piperidine rings is 1. The van der Waals surface area contributed by atoms with E-state index in [9.17, 15) is 4.79 Å². The number of carbonyl (C=O) groups excluding carboxylic acids is 1. The van der Waals surface area contributed by atoms with E-state index in [0.29, 0.717) is 0 Å². The lowest BCUT2D eigenvalue weighted by Crippen LogP contribution is -2.42. The van der Waals surface area contributed by atoms with Crippen LogP contribution >= 0.6 is 15.9 Å². The Hall–Kier alpha value is -0.870. The number of rotatable bonds is 1. The van der Waals surface area contributed by atoms with Gasteiger partial charge in [0.1, 0.15) is 0 Å². The molecule has 1 aromatic carbocycles. The number of aryl methyl sites for hydroxylation is 1. The molecule has 2 N–H and O–H groups in total. The smallest absolute Gasteiger partial charge is 0.254 e. The van der Waals surface area contributed by atoms with Gasteiger partial charge in [-0.2, -0.15) is 0 Å². The van der Waals surface area contributed by atoms with Gasteiger partial charge in [0.15, 0.2) is 0 Å². The predicted octanol–water partition coefficient (Wildman–Crippen LogP) is 2.32.